The van der Waals surface area contributed by atoms with Gasteiger partial charge in [0.2, 0.25) is 15.9 Å². The molecule has 1 fully saturated rings. The molecule has 0 unspecified atom stereocenters. The van der Waals surface area contributed by atoms with Crippen LogP contribution in [0.25, 0.3) is 0 Å². The molecule has 0 atom stereocenters. The normalized spacial score (nSPS) is 16.1. The first-order valence-corrected chi connectivity index (χ1v) is 9.98. The molecule has 1 aromatic carbocycles. The number of aromatic nitrogens is 1. The summed E-state index contributed by atoms with van der Waals surface area (Å²) in [5.41, 5.74) is 2.79. The van der Waals surface area contributed by atoms with Crippen molar-refractivity contribution in [2.24, 2.45) is 0 Å². The maximum absolute atomic E-state index is 12.6. The third-order valence-corrected chi connectivity index (χ3v) is 6.28. The summed E-state index contributed by atoms with van der Waals surface area (Å²) < 4.78 is 26.7. The number of sulfonamides is 1. The monoisotopic (exact) mass is 361 g/mol. The first-order valence-electron chi connectivity index (χ1n) is 8.37. The van der Waals surface area contributed by atoms with Crippen molar-refractivity contribution in [3.8, 4) is 0 Å². The summed E-state index contributed by atoms with van der Waals surface area (Å²) in [6, 6.07) is 9.43. The van der Waals surface area contributed by atoms with Crippen LogP contribution in [-0.4, -0.2) is 54.7 Å². The molecule has 1 aliphatic heterocycles. The van der Waals surface area contributed by atoms with E-state index in [1.807, 2.05) is 37.3 Å². The van der Waals surface area contributed by atoms with E-state index in [2.05, 4.69) is 4.98 Å². The Morgan fingerprint density at radius 2 is 1.88 bits per heavy atom. The summed E-state index contributed by atoms with van der Waals surface area (Å²) in [7, 11) is -3.36. The summed E-state index contributed by atoms with van der Waals surface area (Å²) in [6.07, 6.45) is 3.94. The van der Waals surface area contributed by atoms with Crippen LogP contribution in [0, 0.1) is 6.92 Å². The third kappa shape index (κ3) is 4.49. The van der Waals surface area contributed by atoms with Crippen LogP contribution in [0.5, 0.6) is 0 Å². The molecule has 134 valence electrons. The van der Waals surface area contributed by atoms with Gasteiger partial charge >= 0.3 is 0 Å². The highest BCUT2D eigenvalue weighted by atomic mass is 32.2. The van der Waals surface area contributed by atoms with E-state index in [4.69, 9.17) is 0 Å². The highest BCUT2D eigenvalue weighted by molar-refractivity contribution is 7.88. The zero-order valence-electron chi connectivity index (χ0n) is 14.3. The average Bonchev–Trinajstić information content (AvgIpc) is 3.07. The number of nitrogens with zero attached hydrogens (tertiary/aromatic N) is 2. The number of carbonyl (C=O) groups excluding carboxylic acids is 1. The molecular weight excluding hydrogens is 338 g/mol. The van der Waals surface area contributed by atoms with Gasteiger partial charge in [-0.15, -0.1) is 0 Å². The summed E-state index contributed by atoms with van der Waals surface area (Å²) in [4.78, 5) is 17.0. The summed E-state index contributed by atoms with van der Waals surface area (Å²) in [5.74, 6) is 0.0433. The van der Waals surface area contributed by atoms with Crippen molar-refractivity contribution in [2.75, 3.05) is 26.2 Å². The Balaban J connectivity index is 1.56. The van der Waals surface area contributed by atoms with Gasteiger partial charge in [0, 0.05) is 38.6 Å². The van der Waals surface area contributed by atoms with Crippen LogP contribution in [0.3, 0.4) is 0 Å². The van der Waals surface area contributed by atoms with Crippen molar-refractivity contribution >= 4 is 15.9 Å². The molecule has 1 N–H and O–H groups in total. The third-order valence-electron chi connectivity index (χ3n) is 4.43. The fourth-order valence-electron chi connectivity index (χ4n) is 3.07. The zero-order valence-corrected chi connectivity index (χ0v) is 15.1. The fourth-order valence-corrected chi connectivity index (χ4v) is 4.58. The van der Waals surface area contributed by atoms with Gasteiger partial charge in [0.1, 0.15) is 0 Å². The van der Waals surface area contributed by atoms with Gasteiger partial charge in [-0.25, -0.2) is 8.42 Å². The maximum atomic E-state index is 12.6. The molecule has 0 radical (unpaired) electrons. The maximum Gasteiger partial charge on any atom is 0.227 e. The second-order valence-corrected chi connectivity index (χ2v) is 8.39. The minimum absolute atomic E-state index is 0.00593. The van der Waals surface area contributed by atoms with Crippen molar-refractivity contribution in [3.05, 3.63) is 59.4 Å². The van der Waals surface area contributed by atoms with Gasteiger partial charge in [0.25, 0.3) is 0 Å². The number of hydrogen-bond donors (Lipinski definition) is 1. The summed E-state index contributed by atoms with van der Waals surface area (Å²) in [5, 5.41) is 0. The van der Waals surface area contributed by atoms with Gasteiger partial charge in [0.05, 0.1) is 12.2 Å². The Kier molecular flexibility index (Phi) is 5.24. The van der Waals surface area contributed by atoms with Crippen LogP contribution < -0.4 is 0 Å². The van der Waals surface area contributed by atoms with E-state index in [1.54, 1.807) is 17.3 Å². The van der Waals surface area contributed by atoms with Gasteiger partial charge in [-0.05, 0) is 24.1 Å². The molecule has 2 aromatic rings. The van der Waals surface area contributed by atoms with Gasteiger partial charge in [-0.2, -0.15) is 4.31 Å². The van der Waals surface area contributed by atoms with Gasteiger partial charge < -0.3 is 9.88 Å². The Morgan fingerprint density at radius 1 is 1.12 bits per heavy atom. The molecule has 25 heavy (non-hydrogen) atoms. The summed E-state index contributed by atoms with van der Waals surface area (Å²) in [6.45, 7) is 3.54. The molecule has 1 aliphatic rings. The molecule has 1 saturated heterocycles. The van der Waals surface area contributed by atoms with Crippen LogP contribution in [-0.2, 0) is 27.0 Å². The predicted molar refractivity (Wildman–Crippen MR) is 96.5 cm³/mol. The van der Waals surface area contributed by atoms with Gasteiger partial charge in [-0.3, -0.25) is 4.79 Å². The van der Waals surface area contributed by atoms with Gasteiger partial charge in [0.15, 0.2) is 0 Å². The first kappa shape index (κ1) is 17.7. The van der Waals surface area contributed by atoms with E-state index in [0.717, 1.165) is 16.7 Å². The molecule has 7 heteroatoms. The van der Waals surface area contributed by atoms with E-state index in [9.17, 15) is 13.2 Å². The topological polar surface area (TPSA) is 73.5 Å². The molecule has 0 saturated carbocycles. The van der Waals surface area contributed by atoms with Crippen LogP contribution in [0.1, 0.15) is 16.7 Å². The Hall–Kier alpha value is -2.12. The van der Waals surface area contributed by atoms with Crippen molar-refractivity contribution in [2.45, 2.75) is 19.1 Å². The smallest absolute Gasteiger partial charge is 0.227 e. The molecular formula is C18H23N3O3S. The summed E-state index contributed by atoms with van der Waals surface area (Å²) >= 11 is 0. The molecule has 1 amide bonds. The number of aryl methyl sites for hydroxylation is 1. The number of benzene rings is 1. The van der Waals surface area contributed by atoms with Crippen LogP contribution >= 0.6 is 0 Å². The molecule has 6 nitrogen and oxygen atoms in total. The van der Waals surface area contributed by atoms with Crippen molar-refractivity contribution in [1.82, 2.24) is 14.2 Å². The second-order valence-electron chi connectivity index (χ2n) is 6.42. The number of aromatic amines is 1. The molecule has 0 spiro atoms. The molecule has 0 aliphatic carbocycles. The largest absolute Gasteiger partial charge is 0.367 e. The number of piperazine rings is 1. The lowest BCUT2D eigenvalue weighted by atomic mass is 10.2. The van der Waals surface area contributed by atoms with E-state index < -0.39 is 10.0 Å². The van der Waals surface area contributed by atoms with Gasteiger partial charge in [-0.1, -0.05) is 29.8 Å². The lowest BCUT2D eigenvalue weighted by Crippen LogP contribution is -2.51. The number of nitrogens with one attached hydrogen (secondary N) is 1. The second kappa shape index (κ2) is 7.41. The van der Waals surface area contributed by atoms with E-state index in [-0.39, 0.29) is 11.7 Å². The zero-order chi connectivity index (χ0) is 17.9. The SMILES string of the molecule is Cc1cccc(CS(=O)(=O)N2CCN(C(=O)Cc3cc[nH]c3)CC2)c1. The minimum Gasteiger partial charge on any atom is -0.367 e. The lowest BCUT2D eigenvalue weighted by molar-refractivity contribution is -0.131. The molecule has 1 aromatic heterocycles. The minimum atomic E-state index is -3.36. The number of amides is 1. The molecule has 3 rings (SSSR count). The Labute approximate surface area is 148 Å². The molecule has 0 bridgehead atoms. The fraction of sp³-hybridized carbons (Fsp3) is 0.389. The van der Waals surface area contributed by atoms with E-state index in [0.29, 0.717) is 32.6 Å². The number of rotatable bonds is 5. The number of carbonyl (C=O) groups is 1. The van der Waals surface area contributed by atoms with Crippen LogP contribution in [0.2, 0.25) is 0 Å². The Bertz CT molecular complexity index is 823. The first-order chi connectivity index (χ1) is 11.9. The lowest BCUT2D eigenvalue weighted by Gasteiger charge is -2.34. The number of H-pyrrole nitrogens is 1. The van der Waals surface area contributed by atoms with Crippen LogP contribution in [0.4, 0.5) is 0 Å². The molecule has 2 heterocycles. The highest BCUT2D eigenvalue weighted by Crippen LogP contribution is 2.15. The standard InChI is InChI=1S/C18H23N3O3S/c1-15-3-2-4-17(11-15)14-25(23,24)21-9-7-20(8-10-21)18(22)12-16-5-6-19-13-16/h2-6,11,13,19H,7-10,12,14H2,1H3. The average molecular weight is 361 g/mol. The van der Waals surface area contributed by atoms with Crippen molar-refractivity contribution in [3.63, 3.8) is 0 Å². The quantitative estimate of drug-likeness (QED) is 0.878. The van der Waals surface area contributed by atoms with E-state index >= 15 is 0 Å². The van der Waals surface area contributed by atoms with Crippen molar-refractivity contribution in [1.29, 1.82) is 0 Å². The number of hydrogen-bond acceptors (Lipinski definition) is 3. The van der Waals surface area contributed by atoms with Crippen molar-refractivity contribution < 1.29 is 13.2 Å². The Morgan fingerprint density at radius 3 is 2.52 bits per heavy atom. The predicted octanol–water partition coefficient (Wildman–Crippen LogP) is 1.54. The highest BCUT2D eigenvalue weighted by Gasteiger charge is 2.28. The van der Waals surface area contributed by atoms with Crippen LogP contribution in [0.15, 0.2) is 42.7 Å². The van der Waals surface area contributed by atoms with E-state index in [1.165, 1.54) is 4.31 Å².